The lowest BCUT2D eigenvalue weighted by molar-refractivity contribution is -0.717. The van der Waals surface area contributed by atoms with Crippen LogP contribution in [0.25, 0.3) is 0 Å². The summed E-state index contributed by atoms with van der Waals surface area (Å²) in [6.45, 7) is 4.64. The summed E-state index contributed by atoms with van der Waals surface area (Å²) in [5.74, 6) is 0.727. The van der Waals surface area contributed by atoms with Gasteiger partial charge < -0.3 is 5.32 Å². The molecule has 0 aromatic carbocycles. The van der Waals surface area contributed by atoms with Crippen LogP contribution in [0.2, 0.25) is 0 Å². The Morgan fingerprint density at radius 2 is 1.71 bits per heavy atom. The second-order valence-electron chi connectivity index (χ2n) is 6.43. The number of allylic oxidation sites excluding steroid dienone is 1. The minimum absolute atomic E-state index is 0.727. The van der Waals surface area contributed by atoms with Crippen LogP contribution >= 0.6 is 0 Å². The van der Waals surface area contributed by atoms with Gasteiger partial charge in [0.2, 0.25) is 0 Å². The Labute approximate surface area is 107 Å². The molecule has 1 nitrogen and oxygen atoms in total. The van der Waals surface area contributed by atoms with Crippen molar-refractivity contribution in [2.75, 3.05) is 0 Å². The fourth-order valence-electron chi connectivity index (χ4n) is 3.57. The zero-order valence-corrected chi connectivity index (χ0v) is 11.8. The molecule has 0 heterocycles. The fraction of sp³-hybridized carbons (Fsp3) is 0.875. The van der Waals surface area contributed by atoms with Gasteiger partial charge in [-0.15, -0.1) is 0 Å². The Morgan fingerprint density at radius 3 is 2.41 bits per heavy atom. The molecule has 0 radical (unpaired) electrons. The number of hydrogen-bond donors (Lipinski definition) is 1. The van der Waals surface area contributed by atoms with Crippen LogP contribution in [0.1, 0.15) is 71.6 Å². The Kier molecular flexibility index (Phi) is 5.09. The first kappa shape index (κ1) is 13.1. The number of hydrogen-bond acceptors (Lipinski definition) is 0. The Bertz CT molecular complexity index is 248. The third kappa shape index (κ3) is 4.13. The van der Waals surface area contributed by atoms with Crippen molar-refractivity contribution in [1.29, 1.82) is 0 Å². The summed E-state index contributed by atoms with van der Waals surface area (Å²) in [7, 11) is 0. The quantitative estimate of drug-likeness (QED) is 0.723. The monoisotopic (exact) mass is 236 g/mol. The third-order valence-electron chi connectivity index (χ3n) is 4.41. The second kappa shape index (κ2) is 6.58. The van der Waals surface area contributed by atoms with E-state index in [0.29, 0.717) is 0 Å². The van der Waals surface area contributed by atoms with E-state index in [9.17, 15) is 0 Å². The first-order valence-corrected chi connectivity index (χ1v) is 7.81. The van der Waals surface area contributed by atoms with Crippen LogP contribution in [0.15, 0.2) is 11.6 Å². The molecule has 0 saturated heterocycles. The lowest BCUT2D eigenvalue weighted by Crippen LogP contribution is -2.95. The van der Waals surface area contributed by atoms with E-state index in [0.717, 1.165) is 18.0 Å². The molecule has 17 heavy (non-hydrogen) atoms. The van der Waals surface area contributed by atoms with Gasteiger partial charge in [-0.3, -0.25) is 0 Å². The van der Waals surface area contributed by atoms with Crippen molar-refractivity contribution >= 4 is 0 Å². The first-order valence-electron chi connectivity index (χ1n) is 7.81. The summed E-state index contributed by atoms with van der Waals surface area (Å²) in [5, 5.41) is 2.73. The number of rotatable bonds is 3. The van der Waals surface area contributed by atoms with E-state index in [2.05, 4.69) is 25.2 Å². The standard InChI is InChI=1S/C16H29N/c1-13(2)12-14-8-6-7-11-16(14)17-15-9-4-3-5-10-15/h12-13,15-17H,3-11H2,1-2H3/p+1/b14-12+/t16-/m1/s1. The van der Waals surface area contributed by atoms with Crippen molar-refractivity contribution in [1.82, 2.24) is 0 Å². The van der Waals surface area contributed by atoms with Gasteiger partial charge >= 0.3 is 0 Å². The van der Waals surface area contributed by atoms with Crippen molar-refractivity contribution < 1.29 is 5.32 Å². The molecular formula is C16H30N+. The van der Waals surface area contributed by atoms with Crippen molar-refractivity contribution in [2.45, 2.75) is 83.7 Å². The van der Waals surface area contributed by atoms with Gasteiger partial charge in [0.05, 0.1) is 6.04 Å². The number of nitrogens with two attached hydrogens (primary N) is 1. The molecule has 0 bridgehead atoms. The van der Waals surface area contributed by atoms with Gasteiger partial charge in [0.25, 0.3) is 0 Å². The SMILES string of the molecule is CC(C)/C=C1\CCCC[C@H]1[NH2+]C1CCCCC1. The van der Waals surface area contributed by atoms with Gasteiger partial charge in [-0.2, -0.15) is 0 Å². The highest BCUT2D eigenvalue weighted by Gasteiger charge is 2.26. The molecule has 1 atom stereocenters. The molecule has 0 unspecified atom stereocenters. The molecule has 98 valence electrons. The van der Waals surface area contributed by atoms with Gasteiger partial charge in [-0.25, -0.2) is 0 Å². The topological polar surface area (TPSA) is 16.6 Å². The van der Waals surface area contributed by atoms with Crippen LogP contribution in [0.5, 0.6) is 0 Å². The molecule has 1 heteroatoms. The summed E-state index contributed by atoms with van der Waals surface area (Å²) in [5.41, 5.74) is 1.76. The molecule has 0 amide bonds. The molecule has 2 N–H and O–H groups in total. The maximum absolute atomic E-state index is 2.73. The maximum Gasteiger partial charge on any atom is 0.108 e. The minimum atomic E-state index is 0.727. The smallest absolute Gasteiger partial charge is 0.108 e. The molecular weight excluding hydrogens is 206 g/mol. The molecule has 2 aliphatic rings. The first-order chi connectivity index (χ1) is 8.25. The van der Waals surface area contributed by atoms with E-state index >= 15 is 0 Å². The predicted molar refractivity (Wildman–Crippen MR) is 74.0 cm³/mol. The zero-order chi connectivity index (χ0) is 12.1. The summed E-state index contributed by atoms with van der Waals surface area (Å²) in [4.78, 5) is 0. The van der Waals surface area contributed by atoms with E-state index in [1.165, 1.54) is 57.8 Å². The van der Waals surface area contributed by atoms with Crippen LogP contribution in [-0.2, 0) is 0 Å². The van der Waals surface area contributed by atoms with Gasteiger partial charge in [0, 0.05) is 6.42 Å². The highest BCUT2D eigenvalue weighted by Crippen LogP contribution is 2.24. The zero-order valence-electron chi connectivity index (χ0n) is 11.8. The van der Waals surface area contributed by atoms with E-state index in [-0.39, 0.29) is 0 Å². The molecule has 0 spiro atoms. The molecule has 2 rings (SSSR count). The molecule has 2 saturated carbocycles. The Hall–Kier alpha value is -0.300. The number of quaternary nitrogens is 1. The summed E-state index contributed by atoms with van der Waals surface area (Å²) in [6.07, 6.45) is 15.6. The highest BCUT2D eigenvalue weighted by atomic mass is 15.0. The van der Waals surface area contributed by atoms with E-state index in [4.69, 9.17) is 0 Å². The third-order valence-corrected chi connectivity index (χ3v) is 4.41. The van der Waals surface area contributed by atoms with Gasteiger partial charge in [-0.05, 0) is 56.4 Å². The lowest BCUT2D eigenvalue weighted by Gasteiger charge is -2.30. The van der Waals surface area contributed by atoms with E-state index in [1.54, 1.807) is 5.57 Å². The lowest BCUT2D eigenvalue weighted by atomic mass is 9.86. The van der Waals surface area contributed by atoms with Crippen molar-refractivity contribution in [3.8, 4) is 0 Å². The summed E-state index contributed by atoms with van der Waals surface area (Å²) < 4.78 is 0. The van der Waals surface area contributed by atoms with Crippen molar-refractivity contribution in [2.24, 2.45) is 5.92 Å². The van der Waals surface area contributed by atoms with Crippen LogP contribution in [-0.4, -0.2) is 12.1 Å². The van der Waals surface area contributed by atoms with Gasteiger partial charge in [0.1, 0.15) is 6.04 Å². The molecule has 0 aliphatic heterocycles. The van der Waals surface area contributed by atoms with Crippen LogP contribution in [0.4, 0.5) is 0 Å². The van der Waals surface area contributed by atoms with E-state index in [1.807, 2.05) is 0 Å². The Balaban J connectivity index is 1.91. The minimum Gasteiger partial charge on any atom is -0.338 e. The summed E-state index contributed by atoms with van der Waals surface area (Å²) in [6, 6.07) is 1.76. The molecule has 0 aromatic rings. The van der Waals surface area contributed by atoms with Crippen LogP contribution < -0.4 is 5.32 Å². The normalized spacial score (nSPS) is 30.1. The predicted octanol–water partition coefficient (Wildman–Crippen LogP) is 3.41. The van der Waals surface area contributed by atoms with Crippen LogP contribution in [0.3, 0.4) is 0 Å². The average molecular weight is 236 g/mol. The van der Waals surface area contributed by atoms with Gasteiger partial charge in [-0.1, -0.05) is 26.3 Å². The highest BCUT2D eigenvalue weighted by molar-refractivity contribution is 5.11. The van der Waals surface area contributed by atoms with E-state index < -0.39 is 0 Å². The van der Waals surface area contributed by atoms with Crippen LogP contribution in [0, 0.1) is 5.92 Å². The summed E-state index contributed by atoms with van der Waals surface area (Å²) >= 11 is 0. The molecule has 2 aliphatic carbocycles. The second-order valence-corrected chi connectivity index (χ2v) is 6.43. The molecule has 2 fully saturated rings. The maximum atomic E-state index is 2.73. The van der Waals surface area contributed by atoms with Crippen molar-refractivity contribution in [3.05, 3.63) is 11.6 Å². The molecule has 0 aromatic heterocycles. The van der Waals surface area contributed by atoms with Gasteiger partial charge in [0.15, 0.2) is 0 Å². The fourth-order valence-corrected chi connectivity index (χ4v) is 3.57. The van der Waals surface area contributed by atoms with Crippen molar-refractivity contribution in [3.63, 3.8) is 0 Å². The largest absolute Gasteiger partial charge is 0.338 e. The average Bonchev–Trinajstić information content (AvgIpc) is 2.32. The Morgan fingerprint density at radius 1 is 1.00 bits per heavy atom.